The summed E-state index contributed by atoms with van der Waals surface area (Å²) in [4.78, 5) is 18.4. The molecule has 0 bridgehead atoms. The minimum Gasteiger partial charge on any atom is -0.377 e. The van der Waals surface area contributed by atoms with Crippen LogP contribution in [0.2, 0.25) is 0 Å². The molecule has 0 spiro atoms. The van der Waals surface area contributed by atoms with Crippen molar-refractivity contribution >= 4 is 31.6 Å². The lowest BCUT2D eigenvalue weighted by Gasteiger charge is -2.33. The van der Waals surface area contributed by atoms with Gasteiger partial charge in [0.1, 0.15) is 10.5 Å². The molecule has 9 heteroatoms. The number of morpholine rings is 1. The highest BCUT2D eigenvalue weighted by Gasteiger charge is 2.24. The standard InChI is InChI=1S/C11H16BrN3O4S/c1-8-6-19-4-3-15(8)10-11(16)14(5-9(12)13-10)7-20(2,17)18/h5,8H,3-4,6-7H2,1-2H3/t8-/m1/s1. The van der Waals surface area contributed by atoms with E-state index < -0.39 is 15.4 Å². The number of aromatic nitrogens is 2. The van der Waals surface area contributed by atoms with Crippen LogP contribution in [-0.2, 0) is 20.5 Å². The van der Waals surface area contributed by atoms with Gasteiger partial charge >= 0.3 is 0 Å². The van der Waals surface area contributed by atoms with E-state index in [0.717, 1.165) is 10.8 Å². The van der Waals surface area contributed by atoms with Crippen LogP contribution in [0.3, 0.4) is 0 Å². The number of rotatable bonds is 3. The summed E-state index contributed by atoms with van der Waals surface area (Å²) < 4.78 is 29.7. The zero-order valence-corrected chi connectivity index (χ0v) is 13.6. The third-order valence-electron chi connectivity index (χ3n) is 2.94. The van der Waals surface area contributed by atoms with Crippen molar-refractivity contribution in [1.29, 1.82) is 0 Å². The third kappa shape index (κ3) is 3.58. The van der Waals surface area contributed by atoms with Gasteiger partial charge in [-0.25, -0.2) is 13.4 Å². The first-order chi connectivity index (χ1) is 9.28. The summed E-state index contributed by atoms with van der Waals surface area (Å²) in [6.45, 7) is 3.52. The molecular weight excluding hydrogens is 350 g/mol. The largest absolute Gasteiger partial charge is 0.377 e. The SMILES string of the molecule is C[C@@H]1COCCN1c1nc(Br)cn(CS(C)(=O)=O)c1=O. The molecule has 1 aliphatic rings. The van der Waals surface area contributed by atoms with Gasteiger partial charge in [0.15, 0.2) is 15.7 Å². The van der Waals surface area contributed by atoms with Crippen LogP contribution in [0.4, 0.5) is 5.82 Å². The van der Waals surface area contributed by atoms with E-state index in [9.17, 15) is 13.2 Å². The number of hydrogen-bond acceptors (Lipinski definition) is 6. The molecule has 1 aliphatic heterocycles. The second-order valence-corrected chi connectivity index (χ2v) is 7.76. The molecule has 0 aliphatic carbocycles. The minimum atomic E-state index is -3.31. The molecule has 0 aromatic carbocycles. The fourth-order valence-corrected chi connectivity index (χ4v) is 3.18. The van der Waals surface area contributed by atoms with Crippen molar-refractivity contribution in [3.8, 4) is 0 Å². The van der Waals surface area contributed by atoms with Crippen molar-refractivity contribution < 1.29 is 13.2 Å². The number of ether oxygens (including phenoxy) is 1. The van der Waals surface area contributed by atoms with Crippen LogP contribution in [0, 0.1) is 0 Å². The highest BCUT2D eigenvalue weighted by molar-refractivity contribution is 9.10. The quantitative estimate of drug-likeness (QED) is 0.762. The molecule has 0 unspecified atom stereocenters. The van der Waals surface area contributed by atoms with Gasteiger partial charge in [-0.3, -0.25) is 9.36 Å². The van der Waals surface area contributed by atoms with Crippen LogP contribution in [0.15, 0.2) is 15.6 Å². The Kier molecular flexibility index (Phi) is 4.50. The molecular formula is C11H16BrN3O4S. The molecule has 0 amide bonds. The lowest BCUT2D eigenvalue weighted by Crippen LogP contribution is -2.47. The van der Waals surface area contributed by atoms with E-state index in [1.807, 2.05) is 11.8 Å². The monoisotopic (exact) mass is 365 g/mol. The van der Waals surface area contributed by atoms with Crippen LogP contribution < -0.4 is 10.5 Å². The summed E-state index contributed by atoms with van der Waals surface area (Å²) >= 11 is 3.22. The molecule has 2 heterocycles. The maximum Gasteiger partial charge on any atom is 0.294 e. The van der Waals surface area contributed by atoms with Crippen molar-refractivity contribution in [2.45, 2.75) is 18.8 Å². The molecule has 1 saturated heterocycles. The van der Waals surface area contributed by atoms with Gasteiger partial charge in [0, 0.05) is 19.0 Å². The van der Waals surface area contributed by atoms with E-state index in [1.165, 1.54) is 6.20 Å². The Morgan fingerprint density at radius 3 is 2.85 bits per heavy atom. The smallest absolute Gasteiger partial charge is 0.294 e. The normalized spacial score (nSPS) is 20.1. The molecule has 20 heavy (non-hydrogen) atoms. The highest BCUT2D eigenvalue weighted by Crippen LogP contribution is 2.16. The molecule has 2 rings (SSSR count). The second kappa shape index (κ2) is 5.82. The van der Waals surface area contributed by atoms with Gasteiger partial charge in [-0.15, -0.1) is 0 Å². The fourth-order valence-electron chi connectivity index (χ4n) is 2.07. The van der Waals surface area contributed by atoms with Crippen molar-refractivity contribution in [1.82, 2.24) is 9.55 Å². The zero-order chi connectivity index (χ0) is 14.9. The Labute approximate surface area is 125 Å². The Morgan fingerprint density at radius 1 is 1.55 bits per heavy atom. The van der Waals surface area contributed by atoms with E-state index >= 15 is 0 Å². The maximum absolute atomic E-state index is 12.4. The summed E-state index contributed by atoms with van der Waals surface area (Å²) in [5.41, 5.74) is -0.410. The van der Waals surface area contributed by atoms with Gasteiger partial charge < -0.3 is 9.64 Å². The van der Waals surface area contributed by atoms with Gasteiger partial charge in [0.2, 0.25) is 0 Å². The van der Waals surface area contributed by atoms with Crippen molar-refractivity contribution in [3.05, 3.63) is 21.2 Å². The van der Waals surface area contributed by atoms with Crippen LogP contribution in [0.25, 0.3) is 0 Å². The molecule has 1 fully saturated rings. The number of nitrogens with zero attached hydrogens (tertiary/aromatic N) is 3. The summed E-state index contributed by atoms with van der Waals surface area (Å²) in [6, 6.07) is 0.0185. The van der Waals surface area contributed by atoms with E-state index in [4.69, 9.17) is 4.74 Å². The fraction of sp³-hybridized carbons (Fsp3) is 0.636. The first-order valence-electron chi connectivity index (χ1n) is 6.07. The predicted molar refractivity (Wildman–Crippen MR) is 78.7 cm³/mol. The van der Waals surface area contributed by atoms with Crippen LogP contribution in [-0.4, -0.2) is 50.0 Å². The number of hydrogen-bond donors (Lipinski definition) is 0. The molecule has 1 aromatic heterocycles. The Bertz CT molecular complexity index is 658. The third-order valence-corrected chi connectivity index (χ3v) is 4.07. The number of halogens is 1. The average molecular weight is 366 g/mol. The van der Waals surface area contributed by atoms with E-state index in [1.54, 1.807) is 0 Å². The van der Waals surface area contributed by atoms with Gasteiger partial charge in [-0.2, -0.15) is 0 Å². The molecule has 0 N–H and O–H groups in total. The summed E-state index contributed by atoms with van der Waals surface area (Å²) in [6.07, 6.45) is 2.48. The molecule has 0 saturated carbocycles. The van der Waals surface area contributed by atoms with Crippen molar-refractivity contribution in [2.75, 3.05) is 30.9 Å². The predicted octanol–water partition coefficient (Wildman–Crippen LogP) is 0.233. The van der Waals surface area contributed by atoms with Gasteiger partial charge in [-0.1, -0.05) is 0 Å². The Hall–Kier alpha value is -0.930. The van der Waals surface area contributed by atoms with E-state index in [2.05, 4.69) is 20.9 Å². The minimum absolute atomic E-state index is 0.0185. The summed E-state index contributed by atoms with van der Waals surface area (Å²) in [5.74, 6) is -0.114. The number of sulfone groups is 1. The van der Waals surface area contributed by atoms with Gasteiger partial charge in [0.25, 0.3) is 5.56 Å². The average Bonchev–Trinajstić information content (AvgIpc) is 2.32. The molecule has 1 aromatic rings. The first-order valence-corrected chi connectivity index (χ1v) is 8.92. The Morgan fingerprint density at radius 2 is 2.25 bits per heavy atom. The summed E-state index contributed by atoms with van der Waals surface area (Å²) in [5, 5.41) is 0. The van der Waals surface area contributed by atoms with Crippen LogP contribution in [0.5, 0.6) is 0 Å². The number of anilines is 1. The molecule has 1 atom stereocenters. The van der Waals surface area contributed by atoms with Crippen molar-refractivity contribution in [3.63, 3.8) is 0 Å². The van der Waals surface area contributed by atoms with Crippen molar-refractivity contribution in [2.24, 2.45) is 0 Å². The van der Waals surface area contributed by atoms with Crippen LogP contribution >= 0.6 is 15.9 Å². The first kappa shape index (κ1) is 15.5. The highest BCUT2D eigenvalue weighted by atomic mass is 79.9. The van der Waals surface area contributed by atoms with E-state index in [0.29, 0.717) is 24.4 Å². The van der Waals surface area contributed by atoms with E-state index in [-0.39, 0.29) is 17.7 Å². The second-order valence-electron chi connectivity index (χ2n) is 4.83. The molecule has 0 radical (unpaired) electrons. The maximum atomic E-state index is 12.4. The summed E-state index contributed by atoms with van der Waals surface area (Å²) in [7, 11) is -3.31. The van der Waals surface area contributed by atoms with Crippen LogP contribution in [0.1, 0.15) is 6.92 Å². The lowest BCUT2D eigenvalue weighted by molar-refractivity contribution is 0.0983. The van der Waals surface area contributed by atoms with Gasteiger partial charge in [0.05, 0.1) is 19.3 Å². The topological polar surface area (TPSA) is 81.5 Å². The Balaban J connectivity index is 2.46. The molecule has 7 nitrogen and oxygen atoms in total. The molecule has 112 valence electrons. The van der Waals surface area contributed by atoms with Gasteiger partial charge in [-0.05, 0) is 22.9 Å². The lowest BCUT2D eigenvalue weighted by atomic mass is 10.2. The zero-order valence-electron chi connectivity index (χ0n) is 11.2.